The lowest BCUT2D eigenvalue weighted by atomic mass is 10.2. The molecular formula is C10H8N2O3. The molecule has 0 aliphatic carbocycles. The number of nitrogens with zero attached hydrogens (tertiary/aromatic N) is 2. The second-order valence-electron chi connectivity index (χ2n) is 3.09. The number of aliphatic carboxylic acids is 1. The van der Waals surface area contributed by atoms with Gasteiger partial charge in [-0.2, -0.15) is 4.98 Å². The zero-order valence-corrected chi connectivity index (χ0v) is 7.75. The zero-order valence-electron chi connectivity index (χ0n) is 7.75. The van der Waals surface area contributed by atoms with E-state index in [1.807, 2.05) is 0 Å². The number of carboxylic acids is 1. The topological polar surface area (TPSA) is 72.2 Å². The third kappa shape index (κ3) is 1.71. The smallest absolute Gasteiger partial charge is 0.323 e. The maximum Gasteiger partial charge on any atom is 0.323 e. The molecule has 0 amide bonds. The fraction of sp³-hybridized carbons (Fsp3) is 0.100. The highest BCUT2D eigenvalue weighted by Crippen LogP contribution is 2.07. The Kier molecular flexibility index (Phi) is 2.21. The van der Waals surface area contributed by atoms with Crippen LogP contribution in [0.4, 0.5) is 0 Å². The summed E-state index contributed by atoms with van der Waals surface area (Å²) in [6, 6.07) is 6.79. The van der Waals surface area contributed by atoms with E-state index in [4.69, 9.17) is 5.11 Å². The molecule has 0 atom stereocenters. The number of hydrogen-bond donors (Lipinski definition) is 1. The minimum absolute atomic E-state index is 0.201. The first-order valence-electron chi connectivity index (χ1n) is 4.34. The lowest BCUT2D eigenvalue weighted by Crippen LogP contribution is -2.16. The van der Waals surface area contributed by atoms with Gasteiger partial charge in [0.25, 0.3) is 5.56 Å². The summed E-state index contributed by atoms with van der Waals surface area (Å²) in [6.45, 7) is -0.201. The maximum absolute atomic E-state index is 11.3. The fourth-order valence-electron chi connectivity index (χ4n) is 1.43. The molecular weight excluding hydrogens is 196 g/mol. The van der Waals surface area contributed by atoms with E-state index in [0.29, 0.717) is 10.9 Å². The summed E-state index contributed by atoms with van der Waals surface area (Å²) in [7, 11) is 0. The molecule has 5 nitrogen and oxygen atoms in total. The second-order valence-corrected chi connectivity index (χ2v) is 3.09. The predicted molar refractivity (Wildman–Crippen MR) is 53.6 cm³/mol. The van der Waals surface area contributed by atoms with E-state index in [0.717, 1.165) is 0 Å². The highest BCUT2D eigenvalue weighted by molar-refractivity contribution is 5.79. The minimum Gasteiger partial charge on any atom is -0.480 e. The molecule has 1 aromatic heterocycles. The number of carboxylic acid groups (broad SMARTS) is 1. The highest BCUT2D eigenvalue weighted by Gasteiger charge is 2.05. The van der Waals surface area contributed by atoms with E-state index in [1.54, 1.807) is 24.3 Å². The maximum atomic E-state index is 11.3. The van der Waals surface area contributed by atoms with Crippen LogP contribution in [0.1, 0.15) is 0 Å². The van der Waals surface area contributed by atoms with Crippen LogP contribution in [0.15, 0.2) is 35.4 Å². The Hall–Kier alpha value is -2.17. The van der Waals surface area contributed by atoms with Crippen molar-refractivity contribution >= 4 is 16.9 Å². The van der Waals surface area contributed by atoms with Crippen LogP contribution < -0.4 is 5.56 Å². The summed E-state index contributed by atoms with van der Waals surface area (Å²) in [5.74, 6) is -0.967. The number of carbonyl (C=O) groups is 1. The molecule has 0 radical (unpaired) electrons. The minimum atomic E-state index is -0.967. The molecule has 0 unspecified atom stereocenters. The van der Waals surface area contributed by atoms with Gasteiger partial charge in [0.15, 0.2) is 0 Å². The molecule has 0 bridgehead atoms. The van der Waals surface area contributed by atoms with Crippen molar-refractivity contribution in [2.45, 2.75) is 6.54 Å². The SMILES string of the molecule is O=C(O)Cn1cnc(=O)c2ccccc21. The quantitative estimate of drug-likeness (QED) is 0.772. The molecule has 2 rings (SSSR count). The van der Waals surface area contributed by atoms with E-state index in [2.05, 4.69) is 4.98 Å². The normalized spacial score (nSPS) is 10.4. The molecule has 5 heteroatoms. The standard InChI is InChI=1S/C10H8N2O3/c13-9(14)5-12-6-11-10(15)7-3-1-2-4-8(7)12/h1-4,6H,5H2,(H,13,14). The van der Waals surface area contributed by atoms with Crippen LogP contribution >= 0.6 is 0 Å². The molecule has 1 N–H and O–H groups in total. The van der Waals surface area contributed by atoms with Gasteiger partial charge in [-0.15, -0.1) is 0 Å². The van der Waals surface area contributed by atoms with E-state index < -0.39 is 5.97 Å². The van der Waals surface area contributed by atoms with Crippen molar-refractivity contribution in [2.75, 3.05) is 0 Å². The predicted octanol–water partition coefficient (Wildman–Crippen LogP) is 0.481. The van der Waals surface area contributed by atoms with Gasteiger partial charge in [-0.05, 0) is 12.1 Å². The van der Waals surface area contributed by atoms with Gasteiger partial charge in [0.05, 0.1) is 17.2 Å². The van der Waals surface area contributed by atoms with Gasteiger partial charge >= 0.3 is 5.97 Å². The lowest BCUT2D eigenvalue weighted by Gasteiger charge is -2.05. The summed E-state index contributed by atoms with van der Waals surface area (Å²) >= 11 is 0. The molecule has 2 aromatic rings. The van der Waals surface area contributed by atoms with Gasteiger partial charge in [-0.25, -0.2) is 0 Å². The first-order chi connectivity index (χ1) is 7.18. The average Bonchev–Trinajstić information content (AvgIpc) is 2.22. The van der Waals surface area contributed by atoms with Crippen LogP contribution in [0.2, 0.25) is 0 Å². The molecule has 1 heterocycles. The summed E-state index contributed by atoms with van der Waals surface area (Å²) in [5, 5.41) is 9.10. The van der Waals surface area contributed by atoms with E-state index >= 15 is 0 Å². The van der Waals surface area contributed by atoms with Crippen LogP contribution in [0.25, 0.3) is 10.9 Å². The van der Waals surface area contributed by atoms with Crippen molar-refractivity contribution < 1.29 is 9.90 Å². The first-order valence-corrected chi connectivity index (χ1v) is 4.34. The van der Waals surface area contributed by atoms with Gasteiger partial charge in [0.2, 0.25) is 0 Å². The third-order valence-corrected chi connectivity index (χ3v) is 2.06. The zero-order chi connectivity index (χ0) is 10.8. The van der Waals surface area contributed by atoms with Crippen molar-refractivity contribution in [2.24, 2.45) is 0 Å². The van der Waals surface area contributed by atoms with E-state index in [9.17, 15) is 9.59 Å². The molecule has 15 heavy (non-hydrogen) atoms. The Morgan fingerprint density at radius 1 is 1.40 bits per heavy atom. The fourth-order valence-corrected chi connectivity index (χ4v) is 1.43. The van der Waals surface area contributed by atoms with Gasteiger partial charge in [-0.3, -0.25) is 9.59 Å². The largest absolute Gasteiger partial charge is 0.480 e. The van der Waals surface area contributed by atoms with Crippen LogP contribution in [-0.2, 0) is 11.3 Å². The van der Waals surface area contributed by atoms with Crippen molar-refractivity contribution in [1.29, 1.82) is 0 Å². The molecule has 0 saturated carbocycles. The Bertz CT molecular complexity index is 574. The van der Waals surface area contributed by atoms with Crippen LogP contribution in [-0.4, -0.2) is 20.6 Å². The molecule has 76 valence electrons. The van der Waals surface area contributed by atoms with Gasteiger partial charge < -0.3 is 9.67 Å². The number of fused-ring (bicyclic) bond motifs is 1. The van der Waals surface area contributed by atoms with Crippen molar-refractivity contribution in [3.8, 4) is 0 Å². The van der Waals surface area contributed by atoms with E-state index in [-0.39, 0.29) is 12.1 Å². The Balaban J connectivity index is 2.71. The molecule has 0 fully saturated rings. The summed E-state index contributed by atoms with van der Waals surface area (Å²) < 4.78 is 1.43. The molecule has 0 saturated heterocycles. The van der Waals surface area contributed by atoms with Crippen molar-refractivity contribution in [3.63, 3.8) is 0 Å². The summed E-state index contributed by atoms with van der Waals surface area (Å²) in [4.78, 5) is 25.5. The Labute approximate surface area is 84.6 Å². The number of aromatic nitrogens is 2. The van der Waals surface area contributed by atoms with Crippen LogP contribution in [0, 0.1) is 0 Å². The van der Waals surface area contributed by atoms with E-state index in [1.165, 1.54) is 10.9 Å². The van der Waals surface area contributed by atoms with Crippen molar-refractivity contribution in [1.82, 2.24) is 9.55 Å². The van der Waals surface area contributed by atoms with Crippen LogP contribution in [0.3, 0.4) is 0 Å². The van der Waals surface area contributed by atoms with Gasteiger partial charge in [0.1, 0.15) is 6.54 Å². The number of benzene rings is 1. The molecule has 0 aliphatic heterocycles. The molecule has 0 aliphatic rings. The molecule has 1 aromatic carbocycles. The Morgan fingerprint density at radius 3 is 2.87 bits per heavy atom. The second kappa shape index (κ2) is 3.53. The van der Waals surface area contributed by atoms with Gasteiger partial charge in [0, 0.05) is 0 Å². The summed E-state index contributed by atoms with van der Waals surface area (Å²) in [5.41, 5.74) is 0.243. The monoisotopic (exact) mass is 204 g/mol. The highest BCUT2D eigenvalue weighted by atomic mass is 16.4. The average molecular weight is 204 g/mol. The van der Waals surface area contributed by atoms with Gasteiger partial charge in [-0.1, -0.05) is 12.1 Å². The third-order valence-electron chi connectivity index (χ3n) is 2.06. The number of hydrogen-bond acceptors (Lipinski definition) is 3. The van der Waals surface area contributed by atoms with Crippen molar-refractivity contribution in [3.05, 3.63) is 40.9 Å². The van der Waals surface area contributed by atoms with Crippen LogP contribution in [0.5, 0.6) is 0 Å². The Morgan fingerprint density at radius 2 is 2.13 bits per heavy atom. The lowest BCUT2D eigenvalue weighted by molar-refractivity contribution is -0.137. The first kappa shape index (κ1) is 9.39. The molecule has 0 spiro atoms. The number of rotatable bonds is 2. The number of para-hydroxylation sites is 1. The summed E-state index contributed by atoms with van der Waals surface area (Å²) in [6.07, 6.45) is 1.25.